The van der Waals surface area contributed by atoms with E-state index in [1.54, 1.807) is 0 Å². The van der Waals surface area contributed by atoms with Crippen LogP contribution in [0.2, 0.25) is 0 Å². The van der Waals surface area contributed by atoms with Gasteiger partial charge in [0.1, 0.15) is 6.10 Å². The molecule has 21 heavy (non-hydrogen) atoms. The number of benzene rings is 1. The lowest BCUT2D eigenvalue weighted by atomic mass is 10.2. The lowest BCUT2D eigenvalue weighted by Crippen LogP contribution is -2.40. The Morgan fingerprint density at radius 2 is 2.05 bits per heavy atom. The number of carbonyl (C=O) groups excluding carboxylic acids is 1. The van der Waals surface area contributed by atoms with E-state index in [0.29, 0.717) is 6.54 Å². The van der Waals surface area contributed by atoms with Crippen molar-refractivity contribution in [3.8, 4) is 0 Å². The summed E-state index contributed by atoms with van der Waals surface area (Å²) in [6.45, 7) is 1.79. The number of amidine groups is 1. The molecule has 0 unspecified atom stereocenters. The van der Waals surface area contributed by atoms with E-state index >= 15 is 0 Å². The first-order chi connectivity index (χ1) is 9.96. The highest BCUT2D eigenvalue weighted by molar-refractivity contribution is 7.91. The second-order valence-corrected chi connectivity index (χ2v) is 7.43. The third-order valence-electron chi connectivity index (χ3n) is 3.65. The molecule has 0 bridgehead atoms. The predicted molar refractivity (Wildman–Crippen MR) is 77.4 cm³/mol. The maximum atomic E-state index is 11.8. The Bertz CT molecular complexity index is 684. The number of hydrogen-bond donors (Lipinski definition) is 0. The van der Waals surface area contributed by atoms with Crippen LogP contribution < -0.4 is 0 Å². The minimum Gasteiger partial charge on any atom is -0.458 e. The molecular weight excluding hydrogens is 292 g/mol. The molecule has 2 saturated heterocycles. The molecule has 0 aliphatic carbocycles. The largest absolute Gasteiger partial charge is 0.458 e. The first-order valence-corrected chi connectivity index (χ1v) is 8.54. The average molecular weight is 308 g/mol. The SMILES string of the molecule is CC(=O)N1C(=NCc2ccccc2)O[C@@H]2CS(=O)(=O)C[C@H]21. The topological polar surface area (TPSA) is 76.0 Å². The summed E-state index contributed by atoms with van der Waals surface area (Å²) >= 11 is 0. The zero-order chi connectivity index (χ0) is 15.0. The van der Waals surface area contributed by atoms with Crippen LogP contribution in [-0.2, 0) is 25.9 Å². The summed E-state index contributed by atoms with van der Waals surface area (Å²) < 4.78 is 28.9. The Balaban J connectivity index is 1.82. The quantitative estimate of drug-likeness (QED) is 0.801. The lowest BCUT2D eigenvalue weighted by Gasteiger charge is -2.17. The van der Waals surface area contributed by atoms with Crippen molar-refractivity contribution in [2.75, 3.05) is 11.5 Å². The summed E-state index contributed by atoms with van der Waals surface area (Å²) in [4.78, 5) is 17.5. The molecule has 1 aromatic rings. The van der Waals surface area contributed by atoms with Crippen LogP contribution in [0.1, 0.15) is 12.5 Å². The van der Waals surface area contributed by atoms with E-state index in [2.05, 4.69) is 4.99 Å². The smallest absolute Gasteiger partial charge is 0.295 e. The molecule has 0 saturated carbocycles. The number of rotatable bonds is 2. The average Bonchev–Trinajstić information content (AvgIpc) is 2.88. The Morgan fingerprint density at radius 1 is 1.33 bits per heavy atom. The van der Waals surface area contributed by atoms with Crippen LogP contribution in [0.5, 0.6) is 0 Å². The second kappa shape index (κ2) is 5.14. The molecule has 0 radical (unpaired) electrons. The van der Waals surface area contributed by atoms with Gasteiger partial charge in [-0.1, -0.05) is 30.3 Å². The number of aliphatic imine (C=N–C) groups is 1. The molecule has 2 aliphatic rings. The standard InChI is InChI=1S/C14H16N2O4S/c1-10(17)16-12-8-21(18,19)9-13(12)20-14(16)15-7-11-5-3-2-4-6-11/h2-6,12-13H,7-9H2,1H3/t12-,13-/m1/s1. The highest BCUT2D eigenvalue weighted by Gasteiger charge is 2.51. The van der Waals surface area contributed by atoms with Gasteiger partial charge in [0.25, 0.3) is 6.02 Å². The van der Waals surface area contributed by atoms with Crippen molar-refractivity contribution in [1.82, 2.24) is 4.90 Å². The molecule has 6 nitrogen and oxygen atoms in total. The van der Waals surface area contributed by atoms with Gasteiger partial charge in [-0.05, 0) is 5.56 Å². The number of carbonyl (C=O) groups is 1. The molecule has 2 atom stereocenters. The molecule has 0 spiro atoms. The minimum absolute atomic E-state index is 0.0498. The molecule has 0 aromatic heterocycles. The molecule has 2 fully saturated rings. The van der Waals surface area contributed by atoms with Crippen molar-refractivity contribution < 1.29 is 17.9 Å². The Morgan fingerprint density at radius 3 is 2.71 bits per heavy atom. The van der Waals surface area contributed by atoms with Crippen LogP contribution in [0.3, 0.4) is 0 Å². The maximum absolute atomic E-state index is 11.8. The molecule has 112 valence electrons. The fraction of sp³-hybridized carbons (Fsp3) is 0.429. The fourth-order valence-corrected chi connectivity index (χ4v) is 4.52. The van der Waals surface area contributed by atoms with E-state index in [9.17, 15) is 13.2 Å². The van der Waals surface area contributed by atoms with E-state index in [1.807, 2.05) is 30.3 Å². The van der Waals surface area contributed by atoms with Crippen LogP contribution >= 0.6 is 0 Å². The molecule has 1 amide bonds. The zero-order valence-corrected chi connectivity index (χ0v) is 12.4. The minimum atomic E-state index is -3.14. The van der Waals surface area contributed by atoms with Gasteiger partial charge in [-0.3, -0.25) is 9.69 Å². The number of ether oxygens (including phenoxy) is 1. The van der Waals surface area contributed by atoms with E-state index in [-0.39, 0.29) is 23.4 Å². The van der Waals surface area contributed by atoms with Crippen LogP contribution in [0.25, 0.3) is 0 Å². The summed E-state index contributed by atoms with van der Waals surface area (Å²) in [6, 6.07) is 9.40. The predicted octanol–water partition coefficient (Wildman–Crippen LogP) is 0.587. The third-order valence-corrected chi connectivity index (χ3v) is 5.33. The first-order valence-electron chi connectivity index (χ1n) is 6.71. The summed E-state index contributed by atoms with van der Waals surface area (Å²) in [6.07, 6.45) is -0.492. The van der Waals surface area contributed by atoms with Gasteiger partial charge in [0, 0.05) is 6.92 Å². The molecule has 3 rings (SSSR count). The Labute approximate surface area is 123 Å². The second-order valence-electron chi connectivity index (χ2n) is 5.27. The zero-order valence-electron chi connectivity index (χ0n) is 11.6. The van der Waals surface area contributed by atoms with Crippen molar-refractivity contribution in [2.24, 2.45) is 4.99 Å². The van der Waals surface area contributed by atoms with Gasteiger partial charge in [-0.2, -0.15) is 0 Å². The number of fused-ring (bicyclic) bond motifs is 1. The first kappa shape index (κ1) is 14.1. The number of sulfone groups is 1. The van der Waals surface area contributed by atoms with Crippen molar-refractivity contribution in [3.05, 3.63) is 35.9 Å². The Kier molecular flexibility index (Phi) is 3.44. The summed E-state index contributed by atoms with van der Waals surface area (Å²) in [5.74, 6) is -0.348. The van der Waals surface area contributed by atoms with Crippen molar-refractivity contribution in [3.63, 3.8) is 0 Å². The van der Waals surface area contributed by atoms with Crippen molar-refractivity contribution in [2.45, 2.75) is 25.6 Å². The van der Waals surface area contributed by atoms with Crippen LogP contribution in [0.15, 0.2) is 35.3 Å². The van der Waals surface area contributed by atoms with Crippen molar-refractivity contribution >= 4 is 21.8 Å². The van der Waals surface area contributed by atoms with Crippen LogP contribution in [0, 0.1) is 0 Å². The van der Waals surface area contributed by atoms with E-state index in [4.69, 9.17) is 4.74 Å². The summed E-state index contributed by atoms with van der Waals surface area (Å²) in [5, 5.41) is 0. The Hall–Kier alpha value is -1.89. The van der Waals surface area contributed by atoms with Gasteiger partial charge in [0.2, 0.25) is 5.91 Å². The maximum Gasteiger partial charge on any atom is 0.295 e. The summed E-state index contributed by atoms with van der Waals surface area (Å²) in [7, 11) is -3.14. The normalized spacial score (nSPS) is 28.4. The molecule has 0 N–H and O–H groups in total. The monoisotopic (exact) mass is 308 g/mol. The third kappa shape index (κ3) is 2.78. The van der Waals surface area contributed by atoms with Gasteiger partial charge in [0.15, 0.2) is 9.84 Å². The van der Waals surface area contributed by atoms with Crippen LogP contribution in [0.4, 0.5) is 0 Å². The van der Waals surface area contributed by atoms with E-state index in [1.165, 1.54) is 11.8 Å². The van der Waals surface area contributed by atoms with E-state index in [0.717, 1.165) is 5.56 Å². The molecule has 2 heterocycles. The van der Waals surface area contributed by atoms with Crippen LogP contribution in [-0.4, -0.2) is 48.9 Å². The van der Waals surface area contributed by atoms with Crippen molar-refractivity contribution in [1.29, 1.82) is 0 Å². The number of nitrogens with zero attached hydrogens (tertiary/aromatic N) is 2. The lowest BCUT2D eigenvalue weighted by molar-refractivity contribution is -0.125. The van der Waals surface area contributed by atoms with Gasteiger partial charge in [-0.25, -0.2) is 13.4 Å². The van der Waals surface area contributed by atoms with E-state index < -0.39 is 22.0 Å². The number of amides is 1. The highest BCUT2D eigenvalue weighted by atomic mass is 32.2. The molecule has 1 aromatic carbocycles. The van der Waals surface area contributed by atoms with Gasteiger partial charge in [-0.15, -0.1) is 0 Å². The molecule has 7 heteroatoms. The molecule has 2 aliphatic heterocycles. The fourth-order valence-electron chi connectivity index (χ4n) is 2.71. The molecular formula is C14H16N2O4S. The number of hydrogen-bond acceptors (Lipinski definition) is 5. The van der Waals surface area contributed by atoms with Gasteiger partial charge in [0.05, 0.1) is 24.1 Å². The highest BCUT2D eigenvalue weighted by Crippen LogP contribution is 2.28. The van der Waals surface area contributed by atoms with Gasteiger partial charge >= 0.3 is 0 Å². The van der Waals surface area contributed by atoms with Gasteiger partial charge < -0.3 is 4.74 Å². The summed E-state index contributed by atoms with van der Waals surface area (Å²) in [5.41, 5.74) is 1.00.